The van der Waals surface area contributed by atoms with E-state index in [1.807, 2.05) is 20.8 Å². The first kappa shape index (κ1) is 17.7. The number of rotatable bonds is 5. The Morgan fingerprint density at radius 2 is 2.12 bits per heavy atom. The Kier molecular flexibility index (Phi) is 5.06. The van der Waals surface area contributed by atoms with Crippen molar-refractivity contribution in [3.8, 4) is 0 Å². The van der Waals surface area contributed by atoms with Crippen LogP contribution in [0, 0.1) is 10.1 Å². The number of hydrogen-bond acceptors (Lipinski definition) is 5. The molecule has 0 spiro atoms. The molecule has 2 rings (SSSR count). The number of H-pyrrole nitrogens is 1. The topological polar surface area (TPSA) is 101 Å². The summed E-state index contributed by atoms with van der Waals surface area (Å²) in [6.45, 7) is 5.97. The lowest BCUT2D eigenvalue weighted by molar-refractivity contribution is -0.383. The van der Waals surface area contributed by atoms with E-state index >= 15 is 0 Å². The third kappa shape index (κ3) is 4.43. The highest BCUT2D eigenvalue weighted by Crippen LogP contribution is 2.23. The van der Waals surface area contributed by atoms with Crippen LogP contribution in [0.4, 0.5) is 10.5 Å². The van der Waals surface area contributed by atoms with Crippen molar-refractivity contribution in [2.75, 3.05) is 13.6 Å². The maximum absolute atomic E-state index is 11.9. The number of nitro groups is 1. The van der Waals surface area contributed by atoms with Crippen LogP contribution in [-0.4, -0.2) is 45.1 Å². The molecule has 1 amide bonds. The zero-order valence-corrected chi connectivity index (χ0v) is 14.3. The number of nitrogens with one attached hydrogen (secondary N) is 1. The molecule has 0 atom stereocenters. The van der Waals surface area contributed by atoms with E-state index < -0.39 is 10.5 Å². The van der Waals surface area contributed by atoms with Crippen molar-refractivity contribution in [2.45, 2.75) is 39.2 Å². The number of imidazole rings is 1. The van der Waals surface area contributed by atoms with Crippen LogP contribution in [0.3, 0.4) is 0 Å². The van der Waals surface area contributed by atoms with Crippen LogP contribution in [0.5, 0.6) is 0 Å². The number of fused-ring (bicyclic) bond motifs is 1. The summed E-state index contributed by atoms with van der Waals surface area (Å²) in [6.07, 6.45) is 0.880. The van der Waals surface area contributed by atoms with E-state index in [0.717, 1.165) is 0 Å². The lowest BCUT2D eigenvalue weighted by atomic mass is 10.2. The third-order valence-electron chi connectivity index (χ3n) is 3.35. The second-order valence-electron chi connectivity index (χ2n) is 6.62. The van der Waals surface area contributed by atoms with Crippen molar-refractivity contribution >= 4 is 22.8 Å². The molecule has 0 aliphatic carbocycles. The highest BCUT2D eigenvalue weighted by atomic mass is 16.6. The Morgan fingerprint density at radius 1 is 1.42 bits per heavy atom. The highest BCUT2D eigenvalue weighted by Gasteiger charge is 2.19. The fourth-order valence-electron chi connectivity index (χ4n) is 2.25. The molecule has 0 bridgehead atoms. The summed E-state index contributed by atoms with van der Waals surface area (Å²) in [5.74, 6) is 0.664. The molecule has 0 aliphatic heterocycles. The fraction of sp³-hybridized carbons (Fsp3) is 0.500. The van der Waals surface area contributed by atoms with Crippen LogP contribution in [0.2, 0.25) is 0 Å². The Bertz CT molecular complexity index is 748. The largest absolute Gasteiger partial charge is 0.444 e. The first-order valence-corrected chi connectivity index (χ1v) is 7.73. The maximum atomic E-state index is 11.9. The predicted molar refractivity (Wildman–Crippen MR) is 89.9 cm³/mol. The first-order chi connectivity index (χ1) is 11.2. The van der Waals surface area contributed by atoms with Crippen LogP contribution >= 0.6 is 0 Å². The van der Waals surface area contributed by atoms with Gasteiger partial charge in [0.15, 0.2) is 5.52 Å². The molecule has 8 nitrogen and oxygen atoms in total. The number of aromatic nitrogens is 2. The predicted octanol–water partition coefficient (Wildman–Crippen LogP) is 3.27. The lowest BCUT2D eigenvalue weighted by Gasteiger charge is -2.24. The summed E-state index contributed by atoms with van der Waals surface area (Å²) < 4.78 is 5.28. The van der Waals surface area contributed by atoms with Gasteiger partial charge >= 0.3 is 6.09 Å². The normalized spacial score (nSPS) is 11.5. The molecule has 0 saturated heterocycles. The van der Waals surface area contributed by atoms with Crippen molar-refractivity contribution in [2.24, 2.45) is 0 Å². The monoisotopic (exact) mass is 334 g/mol. The lowest BCUT2D eigenvalue weighted by Crippen LogP contribution is -2.34. The summed E-state index contributed by atoms with van der Waals surface area (Å²) in [6, 6.07) is 4.81. The molecule has 1 heterocycles. The van der Waals surface area contributed by atoms with Gasteiger partial charge < -0.3 is 14.6 Å². The second kappa shape index (κ2) is 6.86. The van der Waals surface area contributed by atoms with Gasteiger partial charge in [0.2, 0.25) is 0 Å². The summed E-state index contributed by atoms with van der Waals surface area (Å²) in [5, 5.41) is 11.0. The number of carbonyl (C=O) groups is 1. The van der Waals surface area contributed by atoms with Crippen LogP contribution in [0.25, 0.3) is 11.0 Å². The number of nitro benzene ring substituents is 1. The quantitative estimate of drug-likeness (QED) is 0.668. The van der Waals surface area contributed by atoms with Gasteiger partial charge in [0.25, 0.3) is 5.69 Å². The maximum Gasteiger partial charge on any atom is 0.410 e. The minimum absolute atomic E-state index is 0.0131. The Balaban J connectivity index is 1.95. The van der Waals surface area contributed by atoms with E-state index in [4.69, 9.17) is 4.74 Å². The molecule has 2 aromatic rings. The average molecular weight is 334 g/mol. The number of aromatic amines is 1. The summed E-state index contributed by atoms with van der Waals surface area (Å²) in [4.78, 5) is 31.3. The summed E-state index contributed by atoms with van der Waals surface area (Å²) in [7, 11) is 1.68. The number of aryl methyl sites for hydroxylation is 1. The number of carbonyl (C=O) groups excluding carboxylic acids is 1. The molecule has 0 fully saturated rings. The average Bonchev–Trinajstić information content (AvgIpc) is 2.87. The van der Waals surface area contributed by atoms with Gasteiger partial charge in [0.05, 0.1) is 10.4 Å². The fourth-order valence-corrected chi connectivity index (χ4v) is 2.25. The van der Waals surface area contributed by atoms with Crippen molar-refractivity contribution in [1.29, 1.82) is 0 Å². The molecule has 0 aliphatic rings. The zero-order chi connectivity index (χ0) is 17.9. The molecular formula is C16H22N4O4. The van der Waals surface area contributed by atoms with Crippen LogP contribution in [0.1, 0.15) is 33.0 Å². The Labute approximate surface area is 140 Å². The van der Waals surface area contributed by atoms with E-state index in [0.29, 0.717) is 36.2 Å². The number of hydrogen-bond donors (Lipinski definition) is 1. The third-order valence-corrected chi connectivity index (χ3v) is 3.35. The molecule has 1 N–H and O–H groups in total. The van der Waals surface area contributed by atoms with E-state index in [1.165, 1.54) is 11.0 Å². The summed E-state index contributed by atoms with van der Waals surface area (Å²) in [5.41, 5.74) is 0.460. The summed E-state index contributed by atoms with van der Waals surface area (Å²) >= 11 is 0. The Hall–Kier alpha value is -2.64. The van der Waals surface area contributed by atoms with Crippen LogP contribution in [-0.2, 0) is 11.2 Å². The SMILES string of the molecule is CN(CCCc1nc2c([N+](=O)[O-])cccc2[nH]1)C(=O)OC(C)(C)C. The molecule has 1 aromatic heterocycles. The van der Waals surface area contributed by atoms with Crippen LogP contribution < -0.4 is 0 Å². The molecule has 24 heavy (non-hydrogen) atoms. The molecule has 1 aromatic carbocycles. The number of amides is 1. The first-order valence-electron chi connectivity index (χ1n) is 7.73. The smallest absolute Gasteiger partial charge is 0.410 e. The molecule has 0 saturated carbocycles. The van der Waals surface area contributed by atoms with Gasteiger partial charge in [-0.3, -0.25) is 10.1 Å². The molecule has 8 heteroatoms. The van der Waals surface area contributed by atoms with Gasteiger partial charge in [0, 0.05) is 26.1 Å². The molecule has 0 unspecified atom stereocenters. The number of para-hydroxylation sites is 1. The zero-order valence-electron chi connectivity index (χ0n) is 14.3. The number of benzene rings is 1. The van der Waals surface area contributed by atoms with Crippen molar-refractivity contribution in [3.63, 3.8) is 0 Å². The van der Waals surface area contributed by atoms with Crippen molar-refractivity contribution < 1.29 is 14.5 Å². The van der Waals surface area contributed by atoms with E-state index in [1.54, 1.807) is 19.2 Å². The molecular weight excluding hydrogens is 312 g/mol. The number of non-ortho nitro benzene ring substituents is 1. The van der Waals surface area contributed by atoms with Gasteiger partial charge in [-0.1, -0.05) is 6.07 Å². The van der Waals surface area contributed by atoms with Gasteiger partial charge in [0.1, 0.15) is 11.4 Å². The molecule has 130 valence electrons. The van der Waals surface area contributed by atoms with Gasteiger partial charge in [-0.05, 0) is 33.3 Å². The number of ether oxygens (including phenoxy) is 1. The van der Waals surface area contributed by atoms with E-state index in [2.05, 4.69) is 9.97 Å². The van der Waals surface area contributed by atoms with Crippen molar-refractivity contribution in [1.82, 2.24) is 14.9 Å². The second-order valence-corrected chi connectivity index (χ2v) is 6.62. The van der Waals surface area contributed by atoms with Gasteiger partial charge in [-0.2, -0.15) is 0 Å². The molecule has 0 radical (unpaired) electrons. The minimum atomic E-state index is -0.525. The standard InChI is InChI=1S/C16H22N4O4/c1-16(2,3)24-15(21)19(4)10-6-9-13-17-11-7-5-8-12(20(22)23)14(11)18-13/h5,7-8H,6,9-10H2,1-4H3,(H,17,18). The van der Waals surface area contributed by atoms with E-state index in [9.17, 15) is 14.9 Å². The Morgan fingerprint density at radius 3 is 2.75 bits per heavy atom. The van der Waals surface area contributed by atoms with Crippen LogP contribution in [0.15, 0.2) is 18.2 Å². The van der Waals surface area contributed by atoms with Gasteiger partial charge in [-0.25, -0.2) is 9.78 Å². The van der Waals surface area contributed by atoms with Gasteiger partial charge in [-0.15, -0.1) is 0 Å². The van der Waals surface area contributed by atoms with Crippen molar-refractivity contribution in [3.05, 3.63) is 34.1 Å². The minimum Gasteiger partial charge on any atom is -0.444 e. The number of nitrogens with zero attached hydrogens (tertiary/aromatic N) is 3. The highest BCUT2D eigenvalue weighted by molar-refractivity contribution is 5.84. The van der Waals surface area contributed by atoms with E-state index in [-0.39, 0.29) is 11.8 Å².